The van der Waals surface area contributed by atoms with Crippen molar-refractivity contribution in [3.63, 3.8) is 0 Å². The molecule has 1 rings (SSSR count). The Balaban J connectivity index is 0.00000441. The minimum atomic E-state index is 0. The molecule has 0 spiro atoms. The maximum atomic E-state index is 11.1. The molecule has 0 bridgehead atoms. The minimum Gasteiger partial charge on any atom is -0.481 e. The van der Waals surface area contributed by atoms with Crippen molar-refractivity contribution in [1.82, 2.24) is 9.88 Å². The number of nitrogens with zero attached hydrogens (tertiary/aromatic N) is 2. The van der Waals surface area contributed by atoms with Gasteiger partial charge in [0.25, 0.3) is 0 Å². The second kappa shape index (κ2) is 9.77. The van der Waals surface area contributed by atoms with E-state index >= 15 is 0 Å². The second-order valence-corrected chi connectivity index (χ2v) is 5.00. The highest BCUT2D eigenvalue weighted by Crippen LogP contribution is 2.29. The lowest BCUT2D eigenvalue weighted by atomic mass is 10.1. The van der Waals surface area contributed by atoms with Crippen LogP contribution in [-0.2, 0) is 4.79 Å². The molecule has 0 N–H and O–H groups in total. The summed E-state index contributed by atoms with van der Waals surface area (Å²) >= 11 is 0. The van der Waals surface area contributed by atoms with Gasteiger partial charge in [-0.05, 0) is 31.9 Å². The van der Waals surface area contributed by atoms with Crippen LogP contribution in [-0.4, -0.2) is 29.8 Å². The van der Waals surface area contributed by atoms with Crippen molar-refractivity contribution >= 4 is 12.0 Å². The van der Waals surface area contributed by atoms with Crippen LogP contribution in [0.5, 0.6) is 5.88 Å². The standard InChI is InChI=1S/C17H24N2O2.CH4/c1-6-7-9-19(13(2)3)16(8-10-20)15-11-14(4)12-18-17(15)21-5;/h8,10-12H,2,6-7,9H2,1,3-5H3;1H4/b16-8-;. The summed E-state index contributed by atoms with van der Waals surface area (Å²) in [5.74, 6) is 0.511. The van der Waals surface area contributed by atoms with Crippen LogP contribution in [0.15, 0.2) is 30.6 Å². The molecule has 0 amide bonds. The van der Waals surface area contributed by atoms with Crippen molar-refractivity contribution in [2.75, 3.05) is 13.7 Å². The molecule has 4 heteroatoms. The van der Waals surface area contributed by atoms with Crippen LogP contribution in [0, 0.1) is 6.92 Å². The zero-order valence-electron chi connectivity index (χ0n) is 13.3. The lowest BCUT2D eigenvalue weighted by molar-refractivity contribution is -0.104. The highest BCUT2D eigenvalue weighted by atomic mass is 16.5. The number of aromatic nitrogens is 1. The van der Waals surface area contributed by atoms with Gasteiger partial charge in [-0.25, -0.2) is 4.98 Å². The maximum Gasteiger partial charge on any atom is 0.222 e. The third-order valence-corrected chi connectivity index (χ3v) is 3.17. The molecule has 1 aromatic rings. The zero-order valence-corrected chi connectivity index (χ0v) is 13.3. The van der Waals surface area contributed by atoms with Gasteiger partial charge in [0.1, 0.15) is 6.29 Å². The lowest BCUT2D eigenvalue weighted by Crippen LogP contribution is -2.22. The fourth-order valence-corrected chi connectivity index (χ4v) is 2.13. The van der Waals surface area contributed by atoms with Crippen molar-refractivity contribution in [1.29, 1.82) is 0 Å². The largest absolute Gasteiger partial charge is 0.481 e. The Bertz CT molecular complexity index is 536. The van der Waals surface area contributed by atoms with Gasteiger partial charge in [-0.15, -0.1) is 0 Å². The van der Waals surface area contributed by atoms with E-state index in [1.54, 1.807) is 19.4 Å². The number of hydrogen-bond donors (Lipinski definition) is 0. The molecule has 0 radical (unpaired) electrons. The van der Waals surface area contributed by atoms with Crippen LogP contribution < -0.4 is 4.74 Å². The number of methoxy groups -OCH3 is 1. The third kappa shape index (κ3) is 5.02. The van der Waals surface area contributed by atoms with Gasteiger partial charge in [0.05, 0.1) is 18.4 Å². The van der Waals surface area contributed by atoms with Crippen LogP contribution in [0.3, 0.4) is 0 Å². The van der Waals surface area contributed by atoms with Gasteiger partial charge in [0, 0.05) is 24.5 Å². The first-order valence-electron chi connectivity index (χ1n) is 7.14. The molecule has 22 heavy (non-hydrogen) atoms. The molecule has 0 aromatic carbocycles. The molecular formula is C18H28N2O2. The summed E-state index contributed by atoms with van der Waals surface area (Å²) in [7, 11) is 1.58. The van der Waals surface area contributed by atoms with E-state index in [2.05, 4.69) is 18.5 Å². The number of carbonyl (C=O) groups is 1. The molecule has 0 atom stereocenters. The monoisotopic (exact) mass is 304 g/mol. The van der Waals surface area contributed by atoms with Gasteiger partial charge >= 0.3 is 0 Å². The molecule has 4 nitrogen and oxygen atoms in total. The van der Waals surface area contributed by atoms with E-state index in [0.717, 1.165) is 48.2 Å². The van der Waals surface area contributed by atoms with Gasteiger partial charge in [-0.2, -0.15) is 0 Å². The predicted octanol–water partition coefficient (Wildman–Crippen LogP) is 4.21. The zero-order chi connectivity index (χ0) is 15.8. The van der Waals surface area contributed by atoms with Crippen LogP contribution in [0.25, 0.3) is 5.70 Å². The van der Waals surface area contributed by atoms with E-state index in [-0.39, 0.29) is 7.43 Å². The van der Waals surface area contributed by atoms with Crippen LogP contribution in [0.1, 0.15) is 45.2 Å². The molecule has 0 aliphatic rings. The Kier molecular flexibility index (Phi) is 8.83. The first-order valence-corrected chi connectivity index (χ1v) is 7.14. The number of ether oxygens (including phenoxy) is 1. The highest BCUT2D eigenvalue weighted by Gasteiger charge is 2.17. The van der Waals surface area contributed by atoms with E-state index in [4.69, 9.17) is 4.74 Å². The first-order chi connectivity index (χ1) is 10.0. The van der Waals surface area contributed by atoms with Gasteiger partial charge in [-0.3, -0.25) is 4.79 Å². The van der Waals surface area contributed by atoms with E-state index in [9.17, 15) is 4.79 Å². The van der Waals surface area contributed by atoms with Crippen molar-refractivity contribution in [3.8, 4) is 5.88 Å². The number of carbonyl (C=O) groups excluding carboxylic acids is 1. The molecule has 122 valence electrons. The fourth-order valence-electron chi connectivity index (χ4n) is 2.13. The minimum absolute atomic E-state index is 0. The van der Waals surface area contributed by atoms with Crippen molar-refractivity contribution < 1.29 is 9.53 Å². The Hall–Kier alpha value is -2.10. The number of aryl methyl sites for hydroxylation is 1. The molecule has 0 aliphatic carbocycles. The Morgan fingerprint density at radius 2 is 2.18 bits per heavy atom. The van der Waals surface area contributed by atoms with Gasteiger partial charge in [0.2, 0.25) is 5.88 Å². The Morgan fingerprint density at radius 1 is 1.50 bits per heavy atom. The summed E-state index contributed by atoms with van der Waals surface area (Å²) in [5.41, 5.74) is 3.49. The number of hydrogen-bond acceptors (Lipinski definition) is 4. The summed E-state index contributed by atoms with van der Waals surface area (Å²) in [6.45, 7) is 10.9. The fraction of sp³-hybridized carbons (Fsp3) is 0.444. The second-order valence-electron chi connectivity index (χ2n) is 5.00. The maximum absolute atomic E-state index is 11.1. The van der Waals surface area contributed by atoms with Crippen LogP contribution in [0.2, 0.25) is 0 Å². The van der Waals surface area contributed by atoms with Gasteiger partial charge < -0.3 is 9.64 Å². The van der Waals surface area contributed by atoms with Crippen molar-refractivity contribution in [2.24, 2.45) is 0 Å². The summed E-state index contributed by atoms with van der Waals surface area (Å²) in [6, 6.07) is 1.98. The number of unbranched alkanes of at least 4 members (excludes halogenated alkanes) is 1. The van der Waals surface area contributed by atoms with Gasteiger partial charge in [-0.1, -0.05) is 27.4 Å². The summed E-state index contributed by atoms with van der Waals surface area (Å²) in [4.78, 5) is 17.4. The Morgan fingerprint density at radius 3 is 2.68 bits per heavy atom. The van der Waals surface area contributed by atoms with Gasteiger partial charge in [0.15, 0.2) is 0 Å². The number of allylic oxidation sites excluding steroid dienone is 2. The topological polar surface area (TPSA) is 42.4 Å². The summed E-state index contributed by atoms with van der Waals surface area (Å²) in [5, 5.41) is 0. The molecular weight excluding hydrogens is 276 g/mol. The van der Waals surface area contributed by atoms with Crippen molar-refractivity contribution in [3.05, 3.63) is 41.7 Å². The van der Waals surface area contributed by atoms with Crippen LogP contribution in [0.4, 0.5) is 0 Å². The Labute approximate surface area is 134 Å². The molecule has 0 saturated carbocycles. The third-order valence-electron chi connectivity index (χ3n) is 3.17. The SMILES string of the molecule is C.C=C(C)N(CCCC)/C(=C\C=O)c1cc(C)cnc1OC. The average Bonchev–Trinajstić information content (AvgIpc) is 2.46. The van der Waals surface area contributed by atoms with E-state index in [0.29, 0.717) is 5.88 Å². The number of rotatable bonds is 8. The smallest absolute Gasteiger partial charge is 0.222 e. The van der Waals surface area contributed by atoms with E-state index in [1.165, 1.54) is 0 Å². The van der Waals surface area contributed by atoms with Crippen LogP contribution >= 0.6 is 0 Å². The number of aldehydes is 1. The lowest BCUT2D eigenvalue weighted by Gasteiger charge is -2.28. The van der Waals surface area contributed by atoms with Crippen molar-refractivity contribution in [2.45, 2.75) is 41.0 Å². The van der Waals surface area contributed by atoms with E-state index < -0.39 is 0 Å². The molecule has 0 unspecified atom stereocenters. The predicted molar refractivity (Wildman–Crippen MR) is 92.7 cm³/mol. The van der Waals surface area contributed by atoms with E-state index in [1.807, 2.05) is 24.8 Å². The molecule has 0 saturated heterocycles. The molecule has 0 aliphatic heterocycles. The molecule has 1 heterocycles. The molecule has 1 aromatic heterocycles. The molecule has 0 fully saturated rings. The highest BCUT2D eigenvalue weighted by molar-refractivity contribution is 5.82. The quantitative estimate of drug-likeness (QED) is 0.533. The summed E-state index contributed by atoms with van der Waals surface area (Å²) < 4.78 is 5.34. The average molecular weight is 304 g/mol. The number of pyridine rings is 1. The first kappa shape index (κ1) is 19.9. The summed E-state index contributed by atoms with van der Waals surface area (Å²) in [6.07, 6.45) is 6.17. The normalized spacial score (nSPS) is 10.6.